The molecule has 0 fully saturated rings. The third-order valence-electron chi connectivity index (χ3n) is 4.87. The molecule has 3 aromatic carbocycles. The van der Waals surface area contributed by atoms with Crippen LogP contribution < -0.4 is 10.0 Å². The van der Waals surface area contributed by atoms with Gasteiger partial charge in [0.1, 0.15) is 5.82 Å². The van der Waals surface area contributed by atoms with E-state index in [4.69, 9.17) is 0 Å². The average molecular weight is 551 g/mol. The van der Waals surface area contributed by atoms with Gasteiger partial charge in [-0.15, -0.1) is 0 Å². The van der Waals surface area contributed by atoms with Crippen molar-refractivity contribution in [3.63, 3.8) is 0 Å². The molecule has 176 valence electrons. The van der Waals surface area contributed by atoms with Crippen LogP contribution >= 0.6 is 15.9 Å². The fourth-order valence-electron chi connectivity index (χ4n) is 3.26. The van der Waals surface area contributed by atoms with E-state index in [0.717, 1.165) is 33.6 Å². The molecule has 0 amide bonds. The standard InChI is InChI=1S/C23H18BrF3N4O2S/c24-17-7-3-5-15(13-17)21-30-20-10-2-1-9-19(20)22(31-21)28-11-12-29-34(32,33)18-8-4-6-16(14-18)23(25,26)27/h1-10,13-14,29H,11-12H2,(H,28,30,31). The summed E-state index contributed by atoms with van der Waals surface area (Å²) < 4.78 is 66.9. The van der Waals surface area contributed by atoms with E-state index in [-0.39, 0.29) is 13.1 Å². The number of nitrogens with one attached hydrogen (secondary N) is 2. The van der Waals surface area contributed by atoms with Crippen molar-refractivity contribution in [2.24, 2.45) is 0 Å². The summed E-state index contributed by atoms with van der Waals surface area (Å²) in [5.74, 6) is 1.01. The molecule has 0 spiro atoms. The molecule has 4 aromatic rings. The van der Waals surface area contributed by atoms with Crippen LogP contribution in [0.2, 0.25) is 0 Å². The Bertz CT molecular complexity index is 1450. The molecule has 0 aliphatic carbocycles. The van der Waals surface area contributed by atoms with Gasteiger partial charge in [0.15, 0.2) is 5.82 Å². The number of rotatable bonds is 7. The van der Waals surface area contributed by atoms with Crippen molar-refractivity contribution in [1.82, 2.24) is 14.7 Å². The second-order valence-corrected chi connectivity index (χ2v) is 9.96. The summed E-state index contributed by atoms with van der Waals surface area (Å²) in [6.07, 6.45) is -4.63. The van der Waals surface area contributed by atoms with Gasteiger partial charge in [-0.1, -0.05) is 46.3 Å². The maximum absolute atomic E-state index is 12.9. The Morgan fingerprint density at radius 3 is 2.41 bits per heavy atom. The van der Waals surface area contributed by atoms with Crippen LogP contribution in [-0.2, 0) is 16.2 Å². The highest BCUT2D eigenvalue weighted by molar-refractivity contribution is 9.10. The maximum atomic E-state index is 12.9. The Balaban J connectivity index is 1.51. The van der Waals surface area contributed by atoms with Crippen molar-refractivity contribution >= 4 is 42.7 Å². The summed E-state index contributed by atoms with van der Waals surface area (Å²) in [5, 5.41) is 3.85. The van der Waals surface area contributed by atoms with Gasteiger partial charge in [-0.3, -0.25) is 0 Å². The van der Waals surface area contributed by atoms with E-state index in [9.17, 15) is 21.6 Å². The number of halogens is 4. The Morgan fingerprint density at radius 2 is 1.65 bits per heavy atom. The van der Waals surface area contributed by atoms with Crippen LogP contribution in [0.15, 0.2) is 82.2 Å². The van der Waals surface area contributed by atoms with E-state index in [1.54, 1.807) is 0 Å². The van der Waals surface area contributed by atoms with E-state index in [1.165, 1.54) is 0 Å². The van der Waals surface area contributed by atoms with E-state index in [2.05, 4.69) is 35.9 Å². The van der Waals surface area contributed by atoms with Gasteiger partial charge in [-0.05, 0) is 42.5 Å². The third-order valence-corrected chi connectivity index (χ3v) is 6.82. The van der Waals surface area contributed by atoms with Gasteiger partial charge in [0.2, 0.25) is 10.0 Å². The quantitative estimate of drug-likeness (QED) is 0.298. The van der Waals surface area contributed by atoms with E-state index in [1.807, 2.05) is 48.5 Å². The van der Waals surface area contributed by atoms with Gasteiger partial charge >= 0.3 is 6.18 Å². The van der Waals surface area contributed by atoms with Crippen LogP contribution in [0.3, 0.4) is 0 Å². The lowest BCUT2D eigenvalue weighted by atomic mass is 10.2. The minimum absolute atomic E-state index is 0.0663. The number of hydrogen-bond donors (Lipinski definition) is 2. The maximum Gasteiger partial charge on any atom is 0.416 e. The summed E-state index contributed by atoms with van der Waals surface area (Å²) in [5.41, 5.74) is 0.481. The first kappa shape index (κ1) is 24.1. The number of nitrogens with zero attached hydrogens (tertiary/aromatic N) is 2. The molecule has 0 atom stereocenters. The minimum Gasteiger partial charge on any atom is -0.368 e. The zero-order valence-corrected chi connectivity index (χ0v) is 19.9. The molecule has 0 aliphatic heterocycles. The second-order valence-electron chi connectivity index (χ2n) is 7.27. The van der Waals surface area contributed by atoms with Crippen molar-refractivity contribution in [3.05, 3.63) is 82.8 Å². The zero-order chi connectivity index (χ0) is 24.3. The lowest BCUT2D eigenvalue weighted by Crippen LogP contribution is -2.29. The van der Waals surface area contributed by atoms with Crippen molar-refractivity contribution in [3.8, 4) is 11.4 Å². The van der Waals surface area contributed by atoms with Crippen molar-refractivity contribution in [1.29, 1.82) is 0 Å². The molecule has 6 nitrogen and oxygen atoms in total. The minimum atomic E-state index is -4.63. The zero-order valence-electron chi connectivity index (χ0n) is 17.5. The highest BCUT2D eigenvalue weighted by Crippen LogP contribution is 2.30. The van der Waals surface area contributed by atoms with E-state index < -0.39 is 26.7 Å². The normalized spacial score (nSPS) is 12.1. The average Bonchev–Trinajstić information content (AvgIpc) is 2.81. The van der Waals surface area contributed by atoms with Crippen LogP contribution in [0.1, 0.15) is 5.56 Å². The van der Waals surface area contributed by atoms with Gasteiger partial charge in [0.25, 0.3) is 0 Å². The van der Waals surface area contributed by atoms with E-state index in [0.29, 0.717) is 23.2 Å². The van der Waals surface area contributed by atoms with Gasteiger partial charge in [0.05, 0.1) is 16.0 Å². The van der Waals surface area contributed by atoms with E-state index >= 15 is 0 Å². The predicted octanol–water partition coefficient (Wildman–Crippen LogP) is 5.47. The number of anilines is 1. The number of sulfonamides is 1. The van der Waals surface area contributed by atoms with Crippen LogP contribution in [-0.4, -0.2) is 31.5 Å². The largest absolute Gasteiger partial charge is 0.416 e. The first-order valence-electron chi connectivity index (χ1n) is 10.1. The van der Waals surface area contributed by atoms with Crippen molar-refractivity contribution in [2.75, 3.05) is 18.4 Å². The number of hydrogen-bond acceptors (Lipinski definition) is 5. The van der Waals surface area contributed by atoms with Crippen molar-refractivity contribution in [2.45, 2.75) is 11.1 Å². The Labute approximate surface area is 202 Å². The molecule has 0 aliphatic rings. The van der Waals surface area contributed by atoms with Crippen LogP contribution in [0.5, 0.6) is 0 Å². The Kier molecular flexibility index (Phi) is 6.87. The van der Waals surface area contributed by atoms with Gasteiger partial charge in [-0.25, -0.2) is 23.1 Å². The molecule has 0 saturated carbocycles. The number of benzene rings is 3. The van der Waals surface area contributed by atoms with Crippen LogP contribution in [0, 0.1) is 0 Å². The summed E-state index contributed by atoms with van der Waals surface area (Å²) in [6, 6.07) is 18.5. The molecule has 0 saturated heterocycles. The first-order chi connectivity index (χ1) is 16.1. The Morgan fingerprint density at radius 1 is 0.882 bits per heavy atom. The molecule has 11 heteroatoms. The summed E-state index contributed by atoms with van der Waals surface area (Å²) in [7, 11) is -4.12. The predicted molar refractivity (Wildman–Crippen MR) is 128 cm³/mol. The fraction of sp³-hybridized carbons (Fsp3) is 0.130. The van der Waals surface area contributed by atoms with Crippen LogP contribution in [0.25, 0.3) is 22.3 Å². The van der Waals surface area contributed by atoms with Crippen molar-refractivity contribution < 1.29 is 21.6 Å². The Hall–Kier alpha value is -3.02. The molecule has 0 unspecified atom stereocenters. The summed E-state index contributed by atoms with van der Waals surface area (Å²) in [4.78, 5) is 8.75. The third kappa shape index (κ3) is 5.54. The number of aromatic nitrogens is 2. The molecule has 0 radical (unpaired) electrons. The molecular formula is C23H18BrF3N4O2S. The van der Waals surface area contributed by atoms with Gasteiger partial charge in [-0.2, -0.15) is 13.2 Å². The van der Waals surface area contributed by atoms with Gasteiger partial charge < -0.3 is 5.32 Å². The lowest BCUT2D eigenvalue weighted by molar-refractivity contribution is -0.137. The summed E-state index contributed by atoms with van der Waals surface area (Å²) in [6.45, 7) is 0.0836. The molecule has 1 heterocycles. The summed E-state index contributed by atoms with van der Waals surface area (Å²) >= 11 is 3.43. The monoisotopic (exact) mass is 550 g/mol. The fourth-order valence-corrected chi connectivity index (χ4v) is 4.73. The number of para-hydroxylation sites is 1. The smallest absolute Gasteiger partial charge is 0.368 e. The van der Waals surface area contributed by atoms with Gasteiger partial charge in [0, 0.05) is 28.5 Å². The highest BCUT2D eigenvalue weighted by atomic mass is 79.9. The number of alkyl halides is 3. The molecular weight excluding hydrogens is 533 g/mol. The SMILES string of the molecule is O=S(=O)(NCCNc1nc(-c2cccc(Br)c2)nc2ccccc12)c1cccc(C(F)(F)F)c1. The number of fused-ring (bicyclic) bond motifs is 1. The first-order valence-corrected chi connectivity index (χ1v) is 12.3. The molecule has 0 bridgehead atoms. The molecule has 2 N–H and O–H groups in total. The highest BCUT2D eigenvalue weighted by Gasteiger charge is 2.31. The molecule has 34 heavy (non-hydrogen) atoms. The molecule has 4 rings (SSSR count). The van der Waals surface area contributed by atoms with Crippen LogP contribution in [0.4, 0.5) is 19.0 Å². The molecule has 1 aromatic heterocycles. The second kappa shape index (κ2) is 9.69. The topological polar surface area (TPSA) is 84.0 Å². The lowest BCUT2D eigenvalue weighted by Gasteiger charge is -2.13.